The van der Waals surface area contributed by atoms with Gasteiger partial charge < -0.3 is 5.32 Å². The molecule has 0 aromatic heterocycles. The zero-order valence-corrected chi connectivity index (χ0v) is 10.6. The molecule has 94 valence electrons. The second-order valence-electron chi connectivity index (χ2n) is 3.70. The summed E-state index contributed by atoms with van der Waals surface area (Å²) in [5, 5.41) is 2.84. The third-order valence-corrected chi connectivity index (χ3v) is 2.48. The van der Waals surface area contributed by atoms with Crippen molar-refractivity contribution >= 4 is 24.3 Å². The summed E-state index contributed by atoms with van der Waals surface area (Å²) in [6.07, 6.45) is 6.92. The van der Waals surface area contributed by atoms with Crippen LogP contribution in [-0.4, -0.2) is 12.8 Å². The molecule has 0 radical (unpaired) electrons. The van der Waals surface area contributed by atoms with Crippen LogP contribution in [0.25, 0.3) is 6.08 Å². The summed E-state index contributed by atoms with van der Waals surface area (Å²) in [6.45, 7) is 0. The molecule has 0 aliphatic heterocycles. The maximum absolute atomic E-state index is 12.7. The van der Waals surface area contributed by atoms with Crippen molar-refractivity contribution in [2.75, 3.05) is 7.05 Å². The Balaban J connectivity index is 0.00000162. The van der Waals surface area contributed by atoms with Gasteiger partial charge in [0.2, 0.25) is 5.78 Å². The lowest BCUT2D eigenvalue weighted by Crippen LogP contribution is -2.16. The van der Waals surface area contributed by atoms with Crippen molar-refractivity contribution in [3.05, 3.63) is 65.1 Å². The van der Waals surface area contributed by atoms with E-state index in [4.69, 9.17) is 0 Å². The summed E-state index contributed by atoms with van der Waals surface area (Å²) >= 11 is 0. The molecule has 2 rings (SSSR count). The van der Waals surface area contributed by atoms with E-state index in [0.29, 0.717) is 5.70 Å². The fourth-order valence-corrected chi connectivity index (χ4v) is 1.58. The highest BCUT2D eigenvalue weighted by atomic mass is 35.5. The van der Waals surface area contributed by atoms with Gasteiger partial charge in [0.15, 0.2) is 0 Å². The van der Waals surface area contributed by atoms with Crippen molar-refractivity contribution in [1.29, 1.82) is 0 Å². The molecular weight excluding hydrogens is 253 g/mol. The van der Waals surface area contributed by atoms with Crippen molar-refractivity contribution < 1.29 is 9.18 Å². The van der Waals surface area contributed by atoms with Crippen LogP contribution < -0.4 is 5.32 Å². The summed E-state index contributed by atoms with van der Waals surface area (Å²) in [6, 6.07) is 6.21. The minimum Gasteiger partial charge on any atom is -0.385 e. The molecule has 1 aliphatic rings. The predicted molar refractivity (Wildman–Crippen MR) is 72.9 cm³/mol. The third kappa shape index (κ3) is 3.31. The van der Waals surface area contributed by atoms with E-state index in [9.17, 15) is 9.18 Å². The second kappa shape index (κ2) is 6.17. The molecule has 1 N–H and O–H groups in total. The van der Waals surface area contributed by atoms with Crippen molar-refractivity contribution in [3.8, 4) is 0 Å². The first-order valence-corrected chi connectivity index (χ1v) is 5.28. The predicted octanol–water partition coefficient (Wildman–Crippen LogP) is 2.87. The number of nitrogens with one attached hydrogen (secondary N) is 1. The first kappa shape index (κ1) is 14.2. The zero-order valence-electron chi connectivity index (χ0n) is 9.81. The van der Waals surface area contributed by atoms with Gasteiger partial charge in [-0.1, -0.05) is 18.2 Å². The van der Waals surface area contributed by atoms with Crippen LogP contribution in [0.5, 0.6) is 0 Å². The fourth-order valence-electron chi connectivity index (χ4n) is 1.58. The van der Waals surface area contributed by atoms with E-state index in [2.05, 4.69) is 5.32 Å². The Bertz CT molecular complexity index is 529. The molecule has 0 spiro atoms. The highest BCUT2D eigenvalue weighted by Gasteiger charge is 2.08. The number of rotatable bonds is 2. The minimum absolute atomic E-state index is 0. The van der Waals surface area contributed by atoms with Crippen LogP contribution >= 0.6 is 12.4 Å². The second-order valence-corrected chi connectivity index (χ2v) is 3.70. The highest BCUT2D eigenvalue weighted by molar-refractivity contribution is 6.06. The molecule has 1 aliphatic carbocycles. The van der Waals surface area contributed by atoms with Gasteiger partial charge in [-0.3, -0.25) is 4.79 Å². The Morgan fingerprint density at radius 3 is 2.44 bits per heavy atom. The molecule has 1 aromatic rings. The summed E-state index contributed by atoms with van der Waals surface area (Å²) < 4.78 is 12.7. The molecule has 0 fully saturated rings. The number of benzene rings is 1. The molecule has 4 heteroatoms. The van der Waals surface area contributed by atoms with E-state index >= 15 is 0 Å². The molecule has 0 saturated carbocycles. The molecule has 0 atom stereocenters. The topological polar surface area (TPSA) is 29.1 Å². The van der Waals surface area contributed by atoms with Crippen LogP contribution in [-0.2, 0) is 4.79 Å². The Kier molecular flexibility index (Phi) is 4.86. The van der Waals surface area contributed by atoms with E-state index in [0.717, 1.165) is 11.1 Å². The molecular formula is C14H13ClFNO. The maximum atomic E-state index is 12.7. The zero-order chi connectivity index (χ0) is 12.3. The largest absolute Gasteiger partial charge is 0.385 e. The van der Waals surface area contributed by atoms with Crippen molar-refractivity contribution in [1.82, 2.24) is 5.32 Å². The van der Waals surface area contributed by atoms with Crippen LogP contribution in [0.3, 0.4) is 0 Å². The van der Waals surface area contributed by atoms with E-state index in [-0.39, 0.29) is 24.0 Å². The van der Waals surface area contributed by atoms with Gasteiger partial charge in [-0.05, 0) is 41.5 Å². The molecule has 0 unspecified atom stereocenters. The first-order valence-electron chi connectivity index (χ1n) is 5.28. The van der Waals surface area contributed by atoms with Gasteiger partial charge in [0.25, 0.3) is 0 Å². The SMILES string of the molecule is CNC1=CC(=Cc2ccc(F)cc2)C=CC1=O.Cl. The van der Waals surface area contributed by atoms with Crippen LogP contribution in [0.1, 0.15) is 5.56 Å². The van der Waals surface area contributed by atoms with E-state index in [1.54, 1.807) is 31.3 Å². The molecule has 1 aromatic carbocycles. The number of halogens is 2. The first-order chi connectivity index (χ1) is 8.19. The normalized spacial score (nSPS) is 16.2. The van der Waals surface area contributed by atoms with Gasteiger partial charge in [-0.15, -0.1) is 12.4 Å². The summed E-state index contributed by atoms with van der Waals surface area (Å²) in [7, 11) is 1.71. The summed E-state index contributed by atoms with van der Waals surface area (Å²) in [5.74, 6) is -0.295. The smallest absolute Gasteiger partial charge is 0.201 e. The Morgan fingerprint density at radius 1 is 1.17 bits per heavy atom. The number of allylic oxidation sites excluding steroid dienone is 4. The molecule has 0 amide bonds. The van der Waals surface area contributed by atoms with E-state index in [1.807, 2.05) is 6.08 Å². The molecule has 2 nitrogen and oxygen atoms in total. The van der Waals surface area contributed by atoms with Crippen LogP contribution in [0.2, 0.25) is 0 Å². The van der Waals surface area contributed by atoms with E-state index in [1.165, 1.54) is 18.2 Å². The highest BCUT2D eigenvalue weighted by Crippen LogP contribution is 2.15. The van der Waals surface area contributed by atoms with Gasteiger partial charge in [-0.25, -0.2) is 4.39 Å². The van der Waals surface area contributed by atoms with Crippen molar-refractivity contribution in [2.45, 2.75) is 0 Å². The lowest BCUT2D eigenvalue weighted by molar-refractivity contribution is -0.111. The molecule has 0 bridgehead atoms. The number of hydrogen-bond donors (Lipinski definition) is 1. The standard InChI is InChI=1S/C14H12FNO.ClH/c1-16-13-9-11(4-7-14(13)17)8-10-2-5-12(15)6-3-10;/h2-9,16H,1H3;1H. The number of carbonyl (C=O) groups excluding carboxylic acids is 1. The third-order valence-electron chi connectivity index (χ3n) is 2.48. The lowest BCUT2D eigenvalue weighted by Gasteiger charge is -2.08. The van der Waals surface area contributed by atoms with Crippen molar-refractivity contribution in [3.63, 3.8) is 0 Å². The van der Waals surface area contributed by atoms with Gasteiger partial charge in [0, 0.05) is 7.05 Å². The Morgan fingerprint density at radius 2 is 1.83 bits per heavy atom. The number of carbonyl (C=O) groups is 1. The number of hydrogen-bond acceptors (Lipinski definition) is 2. The fraction of sp³-hybridized carbons (Fsp3) is 0.0714. The maximum Gasteiger partial charge on any atom is 0.201 e. The van der Waals surface area contributed by atoms with E-state index < -0.39 is 0 Å². The van der Waals surface area contributed by atoms with Crippen LogP contribution in [0.4, 0.5) is 4.39 Å². The van der Waals surface area contributed by atoms with Gasteiger partial charge >= 0.3 is 0 Å². The van der Waals surface area contributed by atoms with Crippen LogP contribution in [0, 0.1) is 5.82 Å². The minimum atomic E-state index is -0.257. The Hall–Kier alpha value is -1.87. The molecule has 0 heterocycles. The summed E-state index contributed by atoms with van der Waals surface area (Å²) in [4.78, 5) is 11.4. The monoisotopic (exact) mass is 265 g/mol. The lowest BCUT2D eigenvalue weighted by atomic mass is 10.0. The average molecular weight is 266 g/mol. The summed E-state index contributed by atoms with van der Waals surface area (Å²) in [5.41, 5.74) is 2.36. The van der Waals surface area contributed by atoms with Gasteiger partial charge in [0.05, 0.1) is 5.70 Å². The number of likely N-dealkylation sites (N-methyl/N-ethyl adjacent to an activating group) is 1. The quantitative estimate of drug-likeness (QED) is 0.891. The Labute approximate surface area is 111 Å². The molecule has 0 saturated heterocycles. The molecule has 18 heavy (non-hydrogen) atoms. The van der Waals surface area contributed by atoms with Gasteiger partial charge in [-0.2, -0.15) is 0 Å². The van der Waals surface area contributed by atoms with Crippen LogP contribution in [0.15, 0.2) is 53.8 Å². The van der Waals surface area contributed by atoms with Crippen molar-refractivity contribution in [2.24, 2.45) is 0 Å². The average Bonchev–Trinajstić information content (AvgIpc) is 2.34. The number of ketones is 1. The van der Waals surface area contributed by atoms with Gasteiger partial charge in [0.1, 0.15) is 5.82 Å².